The summed E-state index contributed by atoms with van der Waals surface area (Å²) in [5.41, 5.74) is -0.847. The van der Waals surface area contributed by atoms with E-state index in [1.165, 1.54) is 6.07 Å². The van der Waals surface area contributed by atoms with Crippen molar-refractivity contribution in [1.29, 1.82) is 0 Å². The Morgan fingerprint density at radius 3 is 2.60 bits per heavy atom. The van der Waals surface area contributed by atoms with E-state index in [0.29, 0.717) is 37.4 Å². The lowest BCUT2D eigenvalue weighted by molar-refractivity contribution is -0.160. The lowest BCUT2D eigenvalue weighted by Crippen LogP contribution is -2.59. The number of rotatable bonds is 4. The van der Waals surface area contributed by atoms with Gasteiger partial charge in [0, 0.05) is 19.6 Å². The normalized spacial score (nSPS) is 26.2. The van der Waals surface area contributed by atoms with Crippen molar-refractivity contribution in [2.45, 2.75) is 44.8 Å². The number of β-amino-alcohol motifs (C(OH)–C–C–N with tert-alkyl or cyclic N) is 1. The summed E-state index contributed by atoms with van der Waals surface area (Å²) in [6.07, 6.45) is 3.33. The van der Waals surface area contributed by atoms with Gasteiger partial charge >= 0.3 is 0 Å². The summed E-state index contributed by atoms with van der Waals surface area (Å²) >= 11 is 0. The number of likely N-dealkylation sites (tertiary alicyclic amines) is 2. The van der Waals surface area contributed by atoms with Crippen molar-refractivity contribution in [2.75, 3.05) is 26.2 Å². The van der Waals surface area contributed by atoms with E-state index in [1.807, 2.05) is 0 Å². The molecule has 4 nitrogen and oxygen atoms in total. The van der Waals surface area contributed by atoms with Crippen molar-refractivity contribution in [3.63, 3.8) is 0 Å². The molecule has 0 bridgehead atoms. The lowest BCUT2D eigenvalue weighted by Gasteiger charge is -2.42. The highest BCUT2D eigenvalue weighted by Gasteiger charge is 2.43. The van der Waals surface area contributed by atoms with Crippen LogP contribution >= 0.6 is 0 Å². The third-order valence-electron chi connectivity index (χ3n) is 5.42. The van der Waals surface area contributed by atoms with Crippen molar-refractivity contribution < 1.29 is 18.7 Å². The van der Waals surface area contributed by atoms with Gasteiger partial charge in [-0.05, 0) is 62.4 Å². The van der Waals surface area contributed by atoms with Gasteiger partial charge in [-0.3, -0.25) is 9.69 Å². The highest BCUT2D eigenvalue weighted by molar-refractivity contribution is 5.86. The van der Waals surface area contributed by atoms with E-state index in [0.717, 1.165) is 38.1 Å². The zero-order valence-electron chi connectivity index (χ0n) is 14.7. The minimum absolute atomic E-state index is 0.190. The van der Waals surface area contributed by atoms with Gasteiger partial charge in [-0.25, -0.2) is 8.78 Å². The fourth-order valence-corrected chi connectivity index (χ4v) is 3.81. The number of piperidine rings is 2. The average molecular weight is 352 g/mol. The second-order valence-corrected chi connectivity index (χ2v) is 7.57. The van der Waals surface area contributed by atoms with E-state index in [9.17, 15) is 18.7 Å². The molecule has 2 fully saturated rings. The van der Waals surface area contributed by atoms with Crippen molar-refractivity contribution in [2.24, 2.45) is 5.92 Å². The zero-order chi connectivity index (χ0) is 18.0. The zero-order valence-corrected chi connectivity index (χ0v) is 14.7. The summed E-state index contributed by atoms with van der Waals surface area (Å²) in [5, 5.41) is 10.9. The van der Waals surface area contributed by atoms with Gasteiger partial charge in [-0.15, -0.1) is 0 Å². The van der Waals surface area contributed by atoms with Crippen molar-refractivity contribution in [3.05, 3.63) is 35.4 Å². The van der Waals surface area contributed by atoms with Crippen LogP contribution in [0, 0.1) is 17.6 Å². The fraction of sp³-hybridized carbons (Fsp3) is 0.632. The number of carbonyl (C=O) groups is 1. The maximum absolute atomic E-state index is 13.4. The van der Waals surface area contributed by atoms with E-state index >= 15 is 0 Å². The molecule has 0 saturated carbocycles. The number of hydrogen-bond acceptors (Lipinski definition) is 3. The predicted octanol–water partition coefficient (Wildman–Crippen LogP) is 2.55. The Morgan fingerprint density at radius 2 is 1.92 bits per heavy atom. The second kappa shape index (κ2) is 7.38. The molecule has 1 amide bonds. The van der Waals surface area contributed by atoms with Gasteiger partial charge < -0.3 is 10.0 Å². The van der Waals surface area contributed by atoms with Crippen LogP contribution in [0.5, 0.6) is 0 Å². The number of hydrogen-bond donors (Lipinski definition) is 1. The van der Waals surface area contributed by atoms with Crippen molar-refractivity contribution in [3.8, 4) is 0 Å². The highest BCUT2D eigenvalue weighted by Crippen LogP contribution is 2.27. The average Bonchev–Trinajstić information content (AvgIpc) is 2.58. The van der Waals surface area contributed by atoms with E-state index in [1.54, 1.807) is 4.90 Å². The molecule has 2 aliphatic rings. The van der Waals surface area contributed by atoms with Gasteiger partial charge in [-0.2, -0.15) is 0 Å². The van der Waals surface area contributed by atoms with Gasteiger partial charge in [0.2, 0.25) is 0 Å². The van der Waals surface area contributed by atoms with Crippen LogP contribution in [-0.2, 0) is 11.3 Å². The predicted molar refractivity (Wildman–Crippen MR) is 90.8 cm³/mol. The number of nitrogens with zero attached hydrogens (tertiary/aromatic N) is 2. The molecule has 6 heteroatoms. The number of amides is 1. The Kier molecular flexibility index (Phi) is 5.39. The first-order valence-electron chi connectivity index (χ1n) is 9.05. The van der Waals surface area contributed by atoms with Crippen LogP contribution in [0.15, 0.2) is 18.2 Å². The molecule has 138 valence electrons. The molecule has 2 heterocycles. The largest absolute Gasteiger partial charge is 0.379 e. The molecule has 2 saturated heterocycles. The minimum Gasteiger partial charge on any atom is -0.379 e. The quantitative estimate of drug-likeness (QED) is 0.906. The van der Waals surface area contributed by atoms with Gasteiger partial charge in [0.25, 0.3) is 5.91 Å². The maximum atomic E-state index is 13.4. The van der Waals surface area contributed by atoms with Crippen LogP contribution in [0.25, 0.3) is 0 Å². The van der Waals surface area contributed by atoms with Crippen LogP contribution in [0.1, 0.15) is 38.2 Å². The fourth-order valence-electron chi connectivity index (χ4n) is 3.81. The second-order valence-electron chi connectivity index (χ2n) is 7.57. The number of aliphatic hydroxyl groups is 1. The first-order valence-corrected chi connectivity index (χ1v) is 9.05. The Morgan fingerprint density at radius 1 is 1.20 bits per heavy atom. The SMILES string of the molecule is CC1CCN(CC2(O)CCCN(Cc3ccc(F)c(F)c3)C2=O)CC1. The van der Waals surface area contributed by atoms with Crippen LogP contribution in [0.2, 0.25) is 0 Å². The smallest absolute Gasteiger partial charge is 0.256 e. The summed E-state index contributed by atoms with van der Waals surface area (Å²) < 4.78 is 26.5. The summed E-state index contributed by atoms with van der Waals surface area (Å²) in [5.74, 6) is -1.43. The topological polar surface area (TPSA) is 43.8 Å². The Hall–Kier alpha value is -1.53. The standard InChI is InChI=1S/C19H26F2N2O2/c1-14-5-9-22(10-6-14)13-19(25)7-2-8-23(18(19)24)12-15-3-4-16(20)17(21)11-15/h3-4,11,14,25H,2,5-10,12-13H2,1H3. The van der Waals surface area contributed by atoms with Crippen LogP contribution < -0.4 is 0 Å². The van der Waals surface area contributed by atoms with E-state index < -0.39 is 17.2 Å². The molecular weight excluding hydrogens is 326 g/mol. The van der Waals surface area contributed by atoms with Gasteiger partial charge in [0.15, 0.2) is 17.2 Å². The molecule has 1 aromatic carbocycles. The molecule has 1 unspecified atom stereocenters. The summed E-state index contributed by atoms with van der Waals surface area (Å²) in [6, 6.07) is 3.66. The third-order valence-corrected chi connectivity index (χ3v) is 5.42. The first kappa shape index (κ1) is 18.3. The molecule has 3 rings (SSSR count). The summed E-state index contributed by atoms with van der Waals surface area (Å²) in [4.78, 5) is 16.5. The van der Waals surface area contributed by atoms with E-state index in [2.05, 4.69) is 11.8 Å². The molecule has 0 spiro atoms. The number of benzene rings is 1. The summed E-state index contributed by atoms with van der Waals surface area (Å²) in [7, 11) is 0. The molecule has 1 atom stereocenters. The molecule has 0 aliphatic carbocycles. The molecule has 25 heavy (non-hydrogen) atoms. The highest BCUT2D eigenvalue weighted by atomic mass is 19.2. The van der Waals surface area contributed by atoms with Gasteiger partial charge in [0.05, 0.1) is 0 Å². The monoisotopic (exact) mass is 352 g/mol. The summed E-state index contributed by atoms with van der Waals surface area (Å²) in [6.45, 7) is 5.10. The van der Waals surface area contributed by atoms with Gasteiger partial charge in [0.1, 0.15) is 0 Å². The lowest BCUT2D eigenvalue weighted by atomic mass is 9.89. The van der Waals surface area contributed by atoms with Crippen LogP contribution in [-0.4, -0.2) is 52.6 Å². The van der Waals surface area contributed by atoms with E-state index in [-0.39, 0.29) is 12.5 Å². The van der Waals surface area contributed by atoms with Crippen LogP contribution in [0.4, 0.5) is 8.78 Å². The van der Waals surface area contributed by atoms with Crippen LogP contribution in [0.3, 0.4) is 0 Å². The Bertz CT molecular complexity index is 632. The Labute approximate surface area is 147 Å². The van der Waals surface area contributed by atoms with Crippen molar-refractivity contribution >= 4 is 5.91 Å². The molecular formula is C19H26F2N2O2. The Balaban J connectivity index is 1.66. The van der Waals surface area contributed by atoms with E-state index in [4.69, 9.17) is 0 Å². The molecule has 0 aromatic heterocycles. The maximum Gasteiger partial charge on any atom is 0.256 e. The minimum atomic E-state index is -1.38. The number of halogens is 2. The molecule has 0 radical (unpaired) electrons. The first-order chi connectivity index (χ1) is 11.9. The molecule has 1 N–H and O–H groups in total. The van der Waals surface area contributed by atoms with Crippen molar-refractivity contribution in [1.82, 2.24) is 9.80 Å². The molecule has 2 aliphatic heterocycles. The number of carbonyl (C=O) groups excluding carboxylic acids is 1. The third kappa shape index (κ3) is 4.18. The van der Waals surface area contributed by atoms with Gasteiger partial charge in [-0.1, -0.05) is 13.0 Å². The molecule has 1 aromatic rings.